The van der Waals surface area contributed by atoms with Crippen molar-refractivity contribution in [3.63, 3.8) is 0 Å². The summed E-state index contributed by atoms with van der Waals surface area (Å²) in [6.45, 7) is 0. The second-order valence-corrected chi connectivity index (χ2v) is 4.26. The van der Waals surface area contributed by atoms with Crippen LogP contribution in [0.1, 0.15) is 11.1 Å². The number of pyridine rings is 1. The molecule has 0 aliphatic rings. The normalized spacial score (nSPS) is 10.4. The fourth-order valence-corrected chi connectivity index (χ4v) is 1.94. The summed E-state index contributed by atoms with van der Waals surface area (Å²) < 4.78 is 13.1. The van der Waals surface area contributed by atoms with Crippen LogP contribution < -0.4 is 0 Å². The lowest BCUT2D eigenvalue weighted by atomic mass is 10.1. The van der Waals surface area contributed by atoms with E-state index < -0.39 is 0 Å². The average molecular weight is 256 g/mol. The molecule has 1 aromatic heterocycles. The second-order valence-electron chi connectivity index (χ2n) is 3.44. The van der Waals surface area contributed by atoms with Gasteiger partial charge in [-0.15, -0.1) is 0 Å². The maximum Gasteiger partial charge on any atom is 0.129 e. The first-order chi connectivity index (χ1) is 7.63. The molecule has 82 valence electrons. The van der Waals surface area contributed by atoms with Crippen LogP contribution in [-0.4, -0.2) is 4.98 Å². The molecule has 0 radical (unpaired) electrons. The molecular formula is C12H8Cl2FN. The van der Waals surface area contributed by atoms with Crippen molar-refractivity contribution in [3.05, 3.63) is 63.6 Å². The van der Waals surface area contributed by atoms with Gasteiger partial charge in [-0.05, 0) is 47.9 Å². The van der Waals surface area contributed by atoms with Gasteiger partial charge in [0, 0.05) is 11.2 Å². The maximum atomic E-state index is 13.1. The predicted molar refractivity (Wildman–Crippen MR) is 63.5 cm³/mol. The van der Waals surface area contributed by atoms with Gasteiger partial charge in [-0.25, -0.2) is 9.37 Å². The van der Waals surface area contributed by atoms with Crippen LogP contribution in [-0.2, 0) is 6.42 Å². The first-order valence-electron chi connectivity index (χ1n) is 4.69. The Morgan fingerprint density at radius 3 is 2.56 bits per heavy atom. The molecule has 0 saturated heterocycles. The first-order valence-corrected chi connectivity index (χ1v) is 5.44. The summed E-state index contributed by atoms with van der Waals surface area (Å²) in [4.78, 5) is 3.88. The SMILES string of the molecule is Fc1cc(Cl)cc(Cc2ccnc(Cl)c2)c1. The van der Waals surface area contributed by atoms with Gasteiger partial charge in [0.1, 0.15) is 11.0 Å². The summed E-state index contributed by atoms with van der Waals surface area (Å²) in [5.74, 6) is -0.331. The zero-order chi connectivity index (χ0) is 11.5. The molecule has 2 rings (SSSR count). The van der Waals surface area contributed by atoms with Crippen LogP contribution in [0.3, 0.4) is 0 Å². The third-order valence-corrected chi connectivity index (χ3v) is 2.55. The van der Waals surface area contributed by atoms with E-state index in [9.17, 15) is 4.39 Å². The highest BCUT2D eigenvalue weighted by Gasteiger charge is 2.01. The molecule has 16 heavy (non-hydrogen) atoms. The standard InChI is InChI=1S/C12H8Cl2FN/c13-10-4-9(5-11(15)7-10)3-8-1-2-16-12(14)6-8/h1-2,4-7H,3H2. The highest BCUT2D eigenvalue weighted by Crippen LogP contribution is 2.18. The van der Waals surface area contributed by atoms with Crippen LogP contribution >= 0.6 is 23.2 Å². The van der Waals surface area contributed by atoms with Gasteiger partial charge in [0.05, 0.1) is 0 Å². The van der Waals surface area contributed by atoms with Gasteiger partial charge >= 0.3 is 0 Å². The summed E-state index contributed by atoms with van der Waals surface area (Å²) in [5, 5.41) is 0.829. The minimum Gasteiger partial charge on any atom is -0.245 e. The van der Waals surface area contributed by atoms with Crippen molar-refractivity contribution in [2.75, 3.05) is 0 Å². The average Bonchev–Trinajstić information content (AvgIpc) is 2.15. The molecule has 0 spiro atoms. The highest BCUT2D eigenvalue weighted by atomic mass is 35.5. The summed E-state index contributed by atoms with van der Waals surface area (Å²) in [7, 11) is 0. The van der Waals surface area contributed by atoms with Crippen LogP contribution in [0, 0.1) is 5.82 Å². The number of hydrogen-bond acceptors (Lipinski definition) is 1. The van der Waals surface area contributed by atoms with E-state index in [1.807, 2.05) is 6.07 Å². The molecule has 0 N–H and O–H groups in total. The van der Waals surface area contributed by atoms with E-state index in [4.69, 9.17) is 23.2 Å². The van der Waals surface area contributed by atoms with Crippen molar-refractivity contribution < 1.29 is 4.39 Å². The summed E-state index contributed by atoms with van der Waals surface area (Å²) in [6.07, 6.45) is 2.21. The van der Waals surface area contributed by atoms with Crippen LogP contribution in [0.2, 0.25) is 10.2 Å². The lowest BCUT2D eigenvalue weighted by Gasteiger charge is -2.03. The Labute approximate surface area is 103 Å². The van der Waals surface area contributed by atoms with Gasteiger partial charge in [0.15, 0.2) is 0 Å². The zero-order valence-corrected chi connectivity index (χ0v) is 9.76. The summed E-state index contributed by atoms with van der Waals surface area (Å²) in [6, 6.07) is 8.06. The molecule has 0 saturated carbocycles. The second kappa shape index (κ2) is 4.81. The predicted octanol–water partition coefficient (Wildman–Crippen LogP) is 4.12. The molecule has 0 aliphatic heterocycles. The quantitative estimate of drug-likeness (QED) is 0.736. The summed E-state index contributed by atoms with van der Waals surface area (Å²) in [5.41, 5.74) is 1.79. The van der Waals surface area contributed by atoms with Crippen molar-refractivity contribution in [1.82, 2.24) is 4.98 Å². The van der Waals surface area contributed by atoms with Gasteiger partial charge in [-0.1, -0.05) is 23.2 Å². The molecule has 2 aromatic rings. The summed E-state index contributed by atoms with van der Waals surface area (Å²) >= 11 is 11.5. The van der Waals surface area contributed by atoms with Crippen molar-refractivity contribution in [3.8, 4) is 0 Å². The van der Waals surface area contributed by atoms with Gasteiger partial charge in [-0.2, -0.15) is 0 Å². The number of halogens is 3. The van der Waals surface area contributed by atoms with Gasteiger partial charge in [-0.3, -0.25) is 0 Å². The van der Waals surface area contributed by atoms with Crippen molar-refractivity contribution in [2.24, 2.45) is 0 Å². The van der Waals surface area contributed by atoms with E-state index in [0.29, 0.717) is 16.6 Å². The first kappa shape index (κ1) is 11.4. The van der Waals surface area contributed by atoms with E-state index in [1.165, 1.54) is 12.1 Å². The van der Waals surface area contributed by atoms with E-state index in [0.717, 1.165) is 11.1 Å². The maximum absolute atomic E-state index is 13.1. The molecule has 0 bridgehead atoms. The topological polar surface area (TPSA) is 12.9 Å². The number of rotatable bonds is 2. The lowest BCUT2D eigenvalue weighted by Crippen LogP contribution is -1.90. The molecule has 0 amide bonds. The largest absolute Gasteiger partial charge is 0.245 e. The zero-order valence-electron chi connectivity index (χ0n) is 8.25. The molecule has 0 aliphatic carbocycles. The van der Waals surface area contributed by atoms with Gasteiger partial charge in [0.2, 0.25) is 0 Å². The molecular weight excluding hydrogens is 248 g/mol. The Morgan fingerprint density at radius 2 is 1.88 bits per heavy atom. The Bertz CT molecular complexity index is 494. The Balaban J connectivity index is 2.27. The van der Waals surface area contributed by atoms with Gasteiger partial charge in [0.25, 0.3) is 0 Å². The fraction of sp³-hybridized carbons (Fsp3) is 0.0833. The number of aromatic nitrogens is 1. The number of benzene rings is 1. The molecule has 1 nitrogen and oxygen atoms in total. The van der Waals surface area contributed by atoms with Crippen molar-refractivity contribution in [1.29, 1.82) is 0 Å². The minimum absolute atomic E-state index is 0.331. The fourth-order valence-electron chi connectivity index (χ4n) is 1.50. The number of hydrogen-bond donors (Lipinski definition) is 0. The third-order valence-electron chi connectivity index (χ3n) is 2.12. The smallest absolute Gasteiger partial charge is 0.129 e. The molecule has 0 unspecified atom stereocenters. The monoisotopic (exact) mass is 255 g/mol. The molecule has 4 heteroatoms. The van der Waals surface area contributed by atoms with Gasteiger partial charge < -0.3 is 0 Å². The minimum atomic E-state index is -0.331. The van der Waals surface area contributed by atoms with Crippen molar-refractivity contribution >= 4 is 23.2 Å². The highest BCUT2D eigenvalue weighted by molar-refractivity contribution is 6.30. The van der Waals surface area contributed by atoms with E-state index >= 15 is 0 Å². The lowest BCUT2D eigenvalue weighted by molar-refractivity contribution is 0.626. The van der Waals surface area contributed by atoms with Crippen LogP contribution in [0.25, 0.3) is 0 Å². The third kappa shape index (κ3) is 2.94. The molecule has 0 atom stereocenters. The Hall–Kier alpha value is -1.12. The Morgan fingerprint density at radius 1 is 1.06 bits per heavy atom. The van der Waals surface area contributed by atoms with E-state index in [-0.39, 0.29) is 5.82 Å². The molecule has 1 aromatic carbocycles. The molecule has 1 heterocycles. The Kier molecular flexibility index (Phi) is 3.42. The van der Waals surface area contributed by atoms with Crippen LogP contribution in [0.5, 0.6) is 0 Å². The van der Waals surface area contributed by atoms with E-state index in [1.54, 1.807) is 18.3 Å². The van der Waals surface area contributed by atoms with E-state index in [2.05, 4.69) is 4.98 Å². The van der Waals surface area contributed by atoms with Crippen LogP contribution in [0.15, 0.2) is 36.5 Å². The van der Waals surface area contributed by atoms with Crippen LogP contribution in [0.4, 0.5) is 4.39 Å². The van der Waals surface area contributed by atoms with Crippen molar-refractivity contribution in [2.45, 2.75) is 6.42 Å². The number of nitrogens with zero attached hydrogens (tertiary/aromatic N) is 1. The molecule has 0 fully saturated rings.